The monoisotopic (exact) mass is 413 g/mol. The van der Waals surface area contributed by atoms with Gasteiger partial charge in [-0.2, -0.15) is 0 Å². The number of hydrogen-bond acceptors (Lipinski definition) is 4. The number of benzene rings is 2. The van der Waals surface area contributed by atoms with Gasteiger partial charge in [0.05, 0.1) is 14.2 Å². The van der Waals surface area contributed by atoms with Gasteiger partial charge in [0, 0.05) is 30.9 Å². The van der Waals surface area contributed by atoms with Crippen molar-refractivity contribution in [2.45, 2.75) is 19.3 Å². The Morgan fingerprint density at radius 2 is 1.72 bits per heavy atom. The molecule has 1 saturated heterocycles. The van der Waals surface area contributed by atoms with Crippen LogP contribution in [0.1, 0.15) is 28.8 Å². The smallest absolute Gasteiger partial charge is 0.253 e. The molecule has 1 fully saturated rings. The van der Waals surface area contributed by atoms with E-state index in [0.29, 0.717) is 28.7 Å². The van der Waals surface area contributed by atoms with Gasteiger partial charge >= 0.3 is 0 Å². The maximum Gasteiger partial charge on any atom is 0.253 e. The van der Waals surface area contributed by atoms with Gasteiger partial charge in [0.25, 0.3) is 5.91 Å². The van der Waals surface area contributed by atoms with E-state index < -0.39 is 0 Å². The number of thiocarbonyl (C=S) groups is 1. The highest BCUT2D eigenvalue weighted by molar-refractivity contribution is 7.80. The van der Waals surface area contributed by atoms with Crippen LogP contribution in [0.4, 0.5) is 5.69 Å². The number of likely N-dealkylation sites (tertiary alicyclic amines) is 1. The Balaban J connectivity index is 1.46. The second kappa shape index (κ2) is 10.1. The third-order valence-electron chi connectivity index (χ3n) is 4.93. The number of carbonyl (C=O) groups excluding carboxylic acids is 1. The van der Waals surface area contributed by atoms with Crippen molar-refractivity contribution in [3.63, 3.8) is 0 Å². The first-order chi connectivity index (χ1) is 14.1. The second-order valence-corrected chi connectivity index (χ2v) is 7.31. The molecule has 2 aromatic carbocycles. The lowest BCUT2D eigenvalue weighted by Gasteiger charge is -2.16. The molecule has 7 heteroatoms. The van der Waals surface area contributed by atoms with Crippen LogP contribution in [0.5, 0.6) is 11.5 Å². The van der Waals surface area contributed by atoms with E-state index in [4.69, 9.17) is 21.7 Å². The highest BCUT2D eigenvalue weighted by Crippen LogP contribution is 2.27. The molecule has 2 aromatic rings. The lowest BCUT2D eigenvalue weighted by molar-refractivity contribution is 0.0793. The Morgan fingerprint density at radius 1 is 1.03 bits per heavy atom. The van der Waals surface area contributed by atoms with Crippen LogP contribution in [-0.2, 0) is 6.42 Å². The van der Waals surface area contributed by atoms with Gasteiger partial charge < -0.3 is 25.0 Å². The SMILES string of the molecule is COc1ccc(CCNC(=S)Nc2ccc(C(=O)N3CCCC3)cc2)cc1OC. The van der Waals surface area contributed by atoms with Gasteiger partial charge in [-0.25, -0.2) is 0 Å². The highest BCUT2D eigenvalue weighted by Gasteiger charge is 2.19. The highest BCUT2D eigenvalue weighted by atomic mass is 32.1. The number of nitrogens with zero attached hydrogens (tertiary/aromatic N) is 1. The molecule has 29 heavy (non-hydrogen) atoms. The predicted molar refractivity (Wildman–Crippen MR) is 119 cm³/mol. The van der Waals surface area contributed by atoms with E-state index in [2.05, 4.69) is 10.6 Å². The van der Waals surface area contributed by atoms with E-state index in [1.165, 1.54) is 0 Å². The Labute approximate surface area is 177 Å². The maximum atomic E-state index is 12.4. The number of rotatable bonds is 7. The number of anilines is 1. The van der Waals surface area contributed by atoms with Crippen LogP contribution in [0.2, 0.25) is 0 Å². The Hall–Kier alpha value is -2.80. The van der Waals surface area contributed by atoms with Crippen molar-refractivity contribution in [2.75, 3.05) is 39.2 Å². The number of amides is 1. The summed E-state index contributed by atoms with van der Waals surface area (Å²) in [6.45, 7) is 2.40. The van der Waals surface area contributed by atoms with Crippen LogP contribution in [0.15, 0.2) is 42.5 Å². The molecule has 1 aliphatic heterocycles. The van der Waals surface area contributed by atoms with Gasteiger partial charge in [-0.1, -0.05) is 6.07 Å². The zero-order valence-electron chi connectivity index (χ0n) is 16.9. The molecule has 0 aromatic heterocycles. The molecule has 6 nitrogen and oxygen atoms in total. The molecular weight excluding hydrogens is 386 g/mol. The van der Waals surface area contributed by atoms with Crippen LogP contribution in [0, 0.1) is 0 Å². The van der Waals surface area contributed by atoms with Crippen LogP contribution in [0.25, 0.3) is 0 Å². The van der Waals surface area contributed by atoms with Crippen molar-refractivity contribution in [1.29, 1.82) is 0 Å². The number of methoxy groups -OCH3 is 2. The zero-order valence-corrected chi connectivity index (χ0v) is 17.7. The molecule has 0 unspecified atom stereocenters. The molecule has 0 saturated carbocycles. The second-order valence-electron chi connectivity index (χ2n) is 6.90. The first-order valence-corrected chi connectivity index (χ1v) is 10.2. The first-order valence-electron chi connectivity index (χ1n) is 9.76. The van der Waals surface area contributed by atoms with Crippen molar-refractivity contribution < 1.29 is 14.3 Å². The number of carbonyl (C=O) groups is 1. The third kappa shape index (κ3) is 5.60. The molecule has 0 radical (unpaired) electrons. The molecule has 154 valence electrons. The van der Waals surface area contributed by atoms with Gasteiger partial charge in [-0.15, -0.1) is 0 Å². The van der Waals surface area contributed by atoms with Gasteiger partial charge in [0.15, 0.2) is 16.6 Å². The fourth-order valence-corrected chi connectivity index (χ4v) is 3.55. The fourth-order valence-electron chi connectivity index (χ4n) is 3.33. The van der Waals surface area contributed by atoms with E-state index in [1.54, 1.807) is 14.2 Å². The summed E-state index contributed by atoms with van der Waals surface area (Å²) in [5, 5.41) is 6.90. The van der Waals surface area contributed by atoms with E-state index in [-0.39, 0.29) is 5.91 Å². The Kier molecular flexibility index (Phi) is 7.30. The molecule has 0 spiro atoms. The average Bonchev–Trinajstić information content (AvgIpc) is 3.28. The molecule has 0 atom stereocenters. The first kappa shape index (κ1) is 20.9. The van der Waals surface area contributed by atoms with E-state index in [0.717, 1.165) is 43.6 Å². The summed E-state index contributed by atoms with van der Waals surface area (Å²) in [6, 6.07) is 13.3. The number of ether oxygens (including phenoxy) is 2. The van der Waals surface area contributed by atoms with Crippen LogP contribution in [-0.4, -0.2) is 49.8 Å². The summed E-state index contributed by atoms with van der Waals surface area (Å²) in [5.41, 5.74) is 2.69. The summed E-state index contributed by atoms with van der Waals surface area (Å²) >= 11 is 5.37. The summed E-state index contributed by atoms with van der Waals surface area (Å²) in [7, 11) is 3.25. The van der Waals surface area contributed by atoms with Gasteiger partial charge in [-0.05, 0) is 73.4 Å². The summed E-state index contributed by atoms with van der Waals surface area (Å²) in [4.78, 5) is 14.3. The lowest BCUT2D eigenvalue weighted by atomic mass is 10.1. The molecule has 2 N–H and O–H groups in total. The molecule has 1 heterocycles. The summed E-state index contributed by atoms with van der Waals surface area (Å²) < 4.78 is 10.6. The Morgan fingerprint density at radius 3 is 2.38 bits per heavy atom. The Bertz CT molecular complexity index is 849. The molecule has 3 rings (SSSR count). The van der Waals surface area contributed by atoms with Gasteiger partial charge in [0.1, 0.15) is 0 Å². The fraction of sp³-hybridized carbons (Fsp3) is 0.364. The van der Waals surface area contributed by atoms with Crippen molar-refractivity contribution in [3.8, 4) is 11.5 Å². The van der Waals surface area contributed by atoms with Crippen LogP contribution in [0.3, 0.4) is 0 Å². The molecule has 1 amide bonds. The largest absolute Gasteiger partial charge is 0.493 e. The van der Waals surface area contributed by atoms with Crippen LogP contribution < -0.4 is 20.1 Å². The minimum atomic E-state index is 0.102. The lowest BCUT2D eigenvalue weighted by Crippen LogP contribution is -2.30. The average molecular weight is 414 g/mol. The topological polar surface area (TPSA) is 62.8 Å². The van der Waals surface area contributed by atoms with Crippen molar-refractivity contribution in [3.05, 3.63) is 53.6 Å². The van der Waals surface area contributed by atoms with Crippen molar-refractivity contribution in [1.82, 2.24) is 10.2 Å². The molecule has 0 aliphatic carbocycles. The predicted octanol–water partition coefficient (Wildman–Crippen LogP) is 3.47. The minimum absolute atomic E-state index is 0.102. The van der Waals surface area contributed by atoms with E-state index in [9.17, 15) is 4.79 Å². The molecule has 1 aliphatic rings. The number of nitrogens with one attached hydrogen (secondary N) is 2. The standard InChI is InChI=1S/C22H27N3O3S/c1-27-19-10-5-16(15-20(19)28-2)11-12-23-22(29)24-18-8-6-17(7-9-18)21(26)25-13-3-4-14-25/h5-10,15H,3-4,11-14H2,1-2H3,(H2,23,24,29). The zero-order chi connectivity index (χ0) is 20.6. The van der Waals surface area contributed by atoms with Crippen molar-refractivity contribution in [2.24, 2.45) is 0 Å². The van der Waals surface area contributed by atoms with Crippen LogP contribution >= 0.6 is 12.2 Å². The van der Waals surface area contributed by atoms with E-state index in [1.807, 2.05) is 47.4 Å². The molecular formula is C22H27N3O3S. The summed E-state index contributed by atoms with van der Waals surface area (Å²) in [6.07, 6.45) is 2.98. The molecule has 0 bridgehead atoms. The third-order valence-corrected chi connectivity index (χ3v) is 5.18. The van der Waals surface area contributed by atoms with E-state index >= 15 is 0 Å². The summed E-state index contributed by atoms with van der Waals surface area (Å²) in [5.74, 6) is 1.53. The minimum Gasteiger partial charge on any atom is -0.493 e. The normalized spacial score (nSPS) is 13.1. The quantitative estimate of drug-likeness (QED) is 0.678. The maximum absolute atomic E-state index is 12.4. The van der Waals surface area contributed by atoms with Gasteiger partial charge in [0.2, 0.25) is 0 Å². The van der Waals surface area contributed by atoms with Gasteiger partial charge in [-0.3, -0.25) is 4.79 Å². The van der Waals surface area contributed by atoms with Crippen molar-refractivity contribution >= 4 is 28.9 Å². The number of hydrogen-bond donors (Lipinski definition) is 2.